The van der Waals surface area contributed by atoms with Crippen molar-refractivity contribution in [2.75, 3.05) is 0 Å². The van der Waals surface area contributed by atoms with E-state index in [0.29, 0.717) is 0 Å². The summed E-state index contributed by atoms with van der Waals surface area (Å²) >= 11 is 0. The van der Waals surface area contributed by atoms with Crippen LogP contribution < -0.4 is 10.4 Å². The molecule has 0 spiro atoms. The molecule has 1 amide bonds. The number of hydrogen-bond acceptors (Lipinski definition) is 3. The van der Waals surface area contributed by atoms with Gasteiger partial charge in [0.2, 0.25) is 5.91 Å². The van der Waals surface area contributed by atoms with Crippen LogP contribution in [0.1, 0.15) is 31.9 Å². The lowest BCUT2D eigenvalue weighted by Crippen LogP contribution is -2.36. The molecular formula is C13H16NO3-. The van der Waals surface area contributed by atoms with Gasteiger partial charge in [-0.15, -0.1) is 0 Å². The Morgan fingerprint density at radius 2 is 1.82 bits per heavy atom. The first-order valence-electron chi connectivity index (χ1n) is 5.56. The van der Waals surface area contributed by atoms with Crippen LogP contribution in [0, 0.1) is 5.92 Å². The molecule has 0 bridgehead atoms. The van der Waals surface area contributed by atoms with Crippen LogP contribution in [0.4, 0.5) is 0 Å². The zero-order chi connectivity index (χ0) is 12.8. The second-order valence-corrected chi connectivity index (χ2v) is 4.20. The number of benzene rings is 1. The maximum absolute atomic E-state index is 11.6. The lowest BCUT2D eigenvalue weighted by atomic mass is 10.0. The minimum atomic E-state index is -1.18. The first kappa shape index (κ1) is 13.2. The minimum Gasteiger partial charge on any atom is -0.550 e. The van der Waals surface area contributed by atoms with E-state index in [4.69, 9.17) is 0 Å². The fraction of sp³-hybridized carbons (Fsp3) is 0.385. The Morgan fingerprint density at radius 1 is 1.24 bits per heavy atom. The van der Waals surface area contributed by atoms with Gasteiger partial charge in [-0.3, -0.25) is 4.79 Å². The molecule has 0 heterocycles. The Kier molecular flexibility index (Phi) is 4.69. The van der Waals surface area contributed by atoms with Crippen LogP contribution in [0.2, 0.25) is 0 Å². The van der Waals surface area contributed by atoms with E-state index < -0.39 is 12.0 Å². The Labute approximate surface area is 101 Å². The van der Waals surface area contributed by atoms with Crippen LogP contribution in [0.15, 0.2) is 30.3 Å². The molecule has 0 aliphatic heterocycles. The van der Waals surface area contributed by atoms with Crippen molar-refractivity contribution in [2.24, 2.45) is 5.92 Å². The largest absolute Gasteiger partial charge is 0.550 e. The summed E-state index contributed by atoms with van der Waals surface area (Å²) in [7, 11) is 0. The van der Waals surface area contributed by atoms with Gasteiger partial charge in [-0.25, -0.2) is 0 Å². The summed E-state index contributed by atoms with van der Waals surface area (Å²) in [5.74, 6) is -1.52. The minimum absolute atomic E-state index is 0.167. The molecule has 0 fully saturated rings. The second-order valence-electron chi connectivity index (χ2n) is 4.20. The van der Waals surface area contributed by atoms with Gasteiger partial charge in [0.1, 0.15) is 0 Å². The van der Waals surface area contributed by atoms with E-state index >= 15 is 0 Å². The van der Waals surface area contributed by atoms with Gasteiger partial charge in [-0.2, -0.15) is 0 Å². The fourth-order valence-electron chi connectivity index (χ4n) is 1.44. The van der Waals surface area contributed by atoms with E-state index in [2.05, 4.69) is 5.32 Å². The fourth-order valence-corrected chi connectivity index (χ4v) is 1.44. The molecule has 4 nitrogen and oxygen atoms in total. The van der Waals surface area contributed by atoms with Crippen molar-refractivity contribution < 1.29 is 14.7 Å². The third kappa shape index (κ3) is 4.26. The summed E-state index contributed by atoms with van der Waals surface area (Å²) in [5, 5.41) is 13.4. The summed E-state index contributed by atoms with van der Waals surface area (Å²) in [6.45, 7) is 3.52. The van der Waals surface area contributed by atoms with Crippen molar-refractivity contribution >= 4 is 11.9 Å². The third-order valence-corrected chi connectivity index (χ3v) is 2.41. The van der Waals surface area contributed by atoms with Gasteiger partial charge in [-0.05, 0) is 5.56 Å². The maximum Gasteiger partial charge on any atom is 0.223 e. The highest BCUT2D eigenvalue weighted by Gasteiger charge is 2.16. The van der Waals surface area contributed by atoms with Crippen LogP contribution in [0.5, 0.6) is 0 Å². The summed E-state index contributed by atoms with van der Waals surface area (Å²) in [6.07, 6.45) is -0.220. The highest BCUT2D eigenvalue weighted by atomic mass is 16.4. The predicted octanol–water partition coefficient (Wildman–Crippen LogP) is 0.640. The van der Waals surface area contributed by atoms with Crippen molar-refractivity contribution in [3.05, 3.63) is 35.9 Å². The van der Waals surface area contributed by atoms with Crippen LogP contribution in [0.3, 0.4) is 0 Å². The normalized spacial score (nSPS) is 12.2. The molecule has 0 saturated heterocycles. The van der Waals surface area contributed by atoms with Crippen LogP contribution >= 0.6 is 0 Å². The predicted molar refractivity (Wildman–Crippen MR) is 61.8 cm³/mol. The third-order valence-electron chi connectivity index (χ3n) is 2.41. The van der Waals surface area contributed by atoms with Crippen molar-refractivity contribution in [1.82, 2.24) is 5.32 Å². The van der Waals surface area contributed by atoms with Gasteiger partial charge in [0.05, 0.1) is 6.04 Å². The average molecular weight is 234 g/mol. The number of aliphatic carboxylic acids is 1. The first-order chi connectivity index (χ1) is 8.00. The van der Waals surface area contributed by atoms with E-state index in [1.165, 1.54) is 0 Å². The van der Waals surface area contributed by atoms with E-state index in [1.54, 1.807) is 38.1 Å². The van der Waals surface area contributed by atoms with Gasteiger partial charge in [0, 0.05) is 18.3 Å². The van der Waals surface area contributed by atoms with E-state index in [0.717, 1.165) is 5.56 Å². The summed E-state index contributed by atoms with van der Waals surface area (Å²) in [4.78, 5) is 22.3. The molecule has 17 heavy (non-hydrogen) atoms. The summed E-state index contributed by atoms with van der Waals surface area (Å²) < 4.78 is 0. The lowest BCUT2D eigenvalue weighted by Gasteiger charge is -2.20. The van der Waals surface area contributed by atoms with Crippen molar-refractivity contribution in [2.45, 2.75) is 26.3 Å². The van der Waals surface area contributed by atoms with Crippen molar-refractivity contribution in [1.29, 1.82) is 0 Å². The lowest BCUT2D eigenvalue weighted by molar-refractivity contribution is -0.306. The Balaban J connectivity index is 2.81. The Morgan fingerprint density at radius 3 is 2.29 bits per heavy atom. The molecule has 92 valence electrons. The van der Waals surface area contributed by atoms with Gasteiger partial charge >= 0.3 is 0 Å². The molecule has 0 aliphatic carbocycles. The number of hydrogen-bond donors (Lipinski definition) is 1. The number of carbonyl (C=O) groups excluding carboxylic acids is 2. The second kappa shape index (κ2) is 6.03. The van der Waals surface area contributed by atoms with Crippen LogP contribution in [0.25, 0.3) is 0 Å². The Hall–Kier alpha value is -1.84. The molecule has 0 radical (unpaired) electrons. The van der Waals surface area contributed by atoms with Gasteiger partial charge < -0.3 is 15.2 Å². The number of amides is 1. The molecule has 1 atom stereocenters. The number of carboxylic acid groups (broad SMARTS) is 1. The molecule has 0 unspecified atom stereocenters. The molecule has 1 aromatic rings. The van der Waals surface area contributed by atoms with Crippen molar-refractivity contribution in [3.8, 4) is 0 Å². The molecule has 0 aromatic heterocycles. The zero-order valence-corrected chi connectivity index (χ0v) is 9.97. The number of carbonyl (C=O) groups is 2. The van der Waals surface area contributed by atoms with E-state index in [9.17, 15) is 14.7 Å². The summed E-state index contributed by atoms with van der Waals surface area (Å²) in [6, 6.07) is 8.49. The molecule has 1 aromatic carbocycles. The standard InChI is InChI=1S/C13H17NO3/c1-9(2)13(17)14-11(8-12(15)16)10-6-4-3-5-7-10/h3-7,9,11H,8H2,1-2H3,(H,14,17)(H,15,16)/p-1/t11-/m0/s1. The SMILES string of the molecule is CC(C)C(=O)N[C@@H](CC(=O)[O-])c1ccccc1. The number of rotatable bonds is 5. The van der Waals surface area contributed by atoms with Crippen LogP contribution in [-0.2, 0) is 9.59 Å². The molecule has 0 aliphatic rings. The molecule has 4 heteroatoms. The van der Waals surface area contributed by atoms with Gasteiger partial charge in [-0.1, -0.05) is 44.2 Å². The zero-order valence-electron chi connectivity index (χ0n) is 9.97. The number of carboxylic acids is 1. The monoisotopic (exact) mass is 234 g/mol. The quantitative estimate of drug-likeness (QED) is 0.812. The molecule has 1 N–H and O–H groups in total. The molecule has 1 rings (SSSR count). The van der Waals surface area contributed by atoms with E-state index in [1.807, 2.05) is 6.07 Å². The van der Waals surface area contributed by atoms with E-state index in [-0.39, 0.29) is 18.2 Å². The van der Waals surface area contributed by atoms with Crippen molar-refractivity contribution in [3.63, 3.8) is 0 Å². The maximum atomic E-state index is 11.6. The average Bonchev–Trinajstić information content (AvgIpc) is 2.28. The molecular weight excluding hydrogens is 218 g/mol. The first-order valence-corrected chi connectivity index (χ1v) is 5.56. The topological polar surface area (TPSA) is 69.2 Å². The highest BCUT2D eigenvalue weighted by molar-refractivity contribution is 5.79. The Bertz CT molecular complexity index is 387. The highest BCUT2D eigenvalue weighted by Crippen LogP contribution is 2.16. The van der Waals surface area contributed by atoms with Crippen LogP contribution in [-0.4, -0.2) is 11.9 Å². The van der Waals surface area contributed by atoms with Gasteiger partial charge in [0.15, 0.2) is 0 Å². The van der Waals surface area contributed by atoms with Gasteiger partial charge in [0.25, 0.3) is 0 Å². The number of nitrogens with one attached hydrogen (secondary N) is 1. The molecule has 0 saturated carbocycles. The smallest absolute Gasteiger partial charge is 0.223 e. The summed E-state index contributed by atoms with van der Waals surface area (Å²) in [5.41, 5.74) is 0.769.